The maximum atomic E-state index is 12.5. The van der Waals surface area contributed by atoms with Crippen LogP contribution < -0.4 is 0 Å². The van der Waals surface area contributed by atoms with Crippen molar-refractivity contribution < 1.29 is 14.6 Å². The highest BCUT2D eigenvalue weighted by Gasteiger charge is 2.34. The first-order valence-electron chi connectivity index (χ1n) is 9.51. The average molecular weight is 334 g/mol. The Kier molecular flexibility index (Phi) is 9.89. The van der Waals surface area contributed by atoms with Crippen LogP contribution in [0.2, 0.25) is 0 Å². The molecule has 2 atom stereocenters. The molecule has 3 heteroatoms. The van der Waals surface area contributed by atoms with Crippen molar-refractivity contribution in [2.75, 3.05) is 0 Å². The number of rotatable bonds is 13. The van der Waals surface area contributed by atoms with Crippen molar-refractivity contribution in [3.8, 4) is 0 Å². The Hall–Kier alpha value is -1.19. The van der Waals surface area contributed by atoms with Crippen molar-refractivity contribution in [2.45, 2.75) is 90.4 Å². The van der Waals surface area contributed by atoms with Crippen LogP contribution >= 0.6 is 0 Å². The summed E-state index contributed by atoms with van der Waals surface area (Å²) in [7, 11) is 0. The van der Waals surface area contributed by atoms with Gasteiger partial charge in [0.05, 0.1) is 6.10 Å². The fraction of sp³-hybridized carbons (Fsp3) is 0.667. The molecule has 0 aliphatic heterocycles. The summed E-state index contributed by atoms with van der Waals surface area (Å²) in [4.78, 5) is 12.5. The molecule has 0 aromatic heterocycles. The zero-order valence-electron chi connectivity index (χ0n) is 15.6. The molecule has 0 saturated heterocycles. The second-order valence-corrected chi connectivity index (χ2v) is 6.76. The van der Waals surface area contributed by atoms with Gasteiger partial charge in [0.25, 0.3) is 0 Å². The van der Waals surface area contributed by atoms with Crippen LogP contribution in [-0.2, 0) is 4.74 Å². The van der Waals surface area contributed by atoms with E-state index in [4.69, 9.17) is 4.74 Å². The number of ketones is 1. The number of ether oxygens (including phenoxy) is 1. The fourth-order valence-corrected chi connectivity index (χ4v) is 2.97. The maximum Gasteiger partial charge on any atom is 0.228 e. The average Bonchev–Trinajstić information content (AvgIpc) is 2.58. The van der Waals surface area contributed by atoms with Gasteiger partial charge < -0.3 is 9.84 Å². The van der Waals surface area contributed by atoms with Gasteiger partial charge in [0, 0.05) is 5.56 Å². The summed E-state index contributed by atoms with van der Waals surface area (Å²) in [6, 6.07) is 8.86. The quantitative estimate of drug-likeness (QED) is 0.294. The number of benzene rings is 1. The topological polar surface area (TPSA) is 46.5 Å². The standard InChI is InChI=1S/C21H34O3/c1-4-6-7-8-9-13-17-19(14-5-2)24-21(3,23)20(22)18-15-11-10-12-16-18/h10-12,15-16,19,23H,4-9,13-14,17H2,1-3H3. The Morgan fingerprint density at radius 1 is 1.00 bits per heavy atom. The van der Waals surface area contributed by atoms with Crippen molar-refractivity contribution in [3.05, 3.63) is 35.9 Å². The van der Waals surface area contributed by atoms with E-state index in [0.29, 0.717) is 5.56 Å². The monoisotopic (exact) mass is 334 g/mol. The summed E-state index contributed by atoms with van der Waals surface area (Å²) in [5.74, 6) is -2.13. The lowest BCUT2D eigenvalue weighted by atomic mass is 10.0. The molecular weight excluding hydrogens is 300 g/mol. The molecule has 0 heterocycles. The minimum absolute atomic E-state index is 0.0659. The Balaban J connectivity index is 2.51. The molecule has 136 valence electrons. The number of hydrogen-bond acceptors (Lipinski definition) is 3. The van der Waals surface area contributed by atoms with Crippen LogP contribution in [0.15, 0.2) is 30.3 Å². The summed E-state index contributed by atoms with van der Waals surface area (Å²) >= 11 is 0. The highest BCUT2D eigenvalue weighted by molar-refractivity contribution is 6.00. The van der Waals surface area contributed by atoms with Gasteiger partial charge in [-0.3, -0.25) is 4.79 Å². The second-order valence-electron chi connectivity index (χ2n) is 6.76. The number of carbonyl (C=O) groups excluding carboxylic acids is 1. The Labute approximate surface area is 147 Å². The van der Waals surface area contributed by atoms with E-state index < -0.39 is 5.79 Å². The van der Waals surface area contributed by atoms with Gasteiger partial charge in [0.15, 0.2) is 0 Å². The third-order valence-electron chi connectivity index (χ3n) is 4.34. The molecule has 0 amide bonds. The molecule has 1 N–H and O–H groups in total. The number of carbonyl (C=O) groups is 1. The van der Waals surface area contributed by atoms with Crippen LogP contribution in [0.5, 0.6) is 0 Å². The SMILES string of the molecule is CCCCCCCCC(CCC)OC(C)(O)C(=O)c1ccccc1. The molecule has 0 radical (unpaired) electrons. The van der Waals surface area contributed by atoms with Crippen molar-refractivity contribution in [1.29, 1.82) is 0 Å². The lowest BCUT2D eigenvalue weighted by Gasteiger charge is -2.28. The maximum absolute atomic E-state index is 12.5. The van der Waals surface area contributed by atoms with E-state index in [-0.39, 0.29) is 11.9 Å². The molecule has 3 nitrogen and oxygen atoms in total. The van der Waals surface area contributed by atoms with E-state index in [1.54, 1.807) is 24.3 Å². The summed E-state index contributed by atoms with van der Waals surface area (Å²) in [5.41, 5.74) is 0.484. The molecule has 1 rings (SSSR count). The fourth-order valence-electron chi connectivity index (χ4n) is 2.97. The third kappa shape index (κ3) is 7.59. The van der Waals surface area contributed by atoms with Crippen LogP contribution in [0.4, 0.5) is 0 Å². The van der Waals surface area contributed by atoms with Crippen LogP contribution in [0, 0.1) is 0 Å². The van der Waals surface area contributed by atoms with Crippen LogP contribution in [0.3, 0.4) is 0 Å². The smallest absolute Gasteiger partial charge is 0.228 e. The largest absolute Gasteiger partial charge is 0.359 e. The Morgan fingerprint density at radius 3 is 2.25 bits per heavy atom. The first-order valence-corrected chi connectivity index (χ1v) is 9.51. The highest BCUT2D eigenvalue weighted by atomic mass is 16.6. The molecule has 2 unspecified atom stereocenters. The van der Waals surface area contributed by atoms with Crippen LogP contribution in [0.1, 0.15) is 88.9 Å². The molecule has 0 saturated carbocycles. The summed E-state index contributed by atoms with van der Waals surface area (Å²) < 4.78 is 5.83. The minimum atomic E-state index is -1.76. The van der Waals surface area contributed by atoms with Crippen molar-refractivity contribution in [3.63, 3.8) is 0 Å². The van der Waals surface area contributed by atoms with Gasteiger partial charge in [0.1, 0.15) is 0 Å². The molecule has 0 spiro atoms. The first-order chi connectivity index (χ1) is 11.5. The van der Waals surface area contributed by atoms with Gasteiger partial charge in [-0.15, -0.1) is 0 Å². The summed E-state index contributed by atoms with van der Waals surface area (Å²) in [5, 5.41) is 10.5. The normalized spacial score (nSPS) is 15.0. The molecule has 0 aliphatic carbocycles. The molecule has 1 aromatic rings. The van der Waals surface area contributed by atoms with Gasteiger partial charge >= 0.3 is 0 Å². The Bertz CT molecular complexity index is 453. The lowest BCUT2D eigenvalue weighted by molar-refractivity contribution is -0.186. The van der Waals surface area contributed by atoms with E-state index in [9.17, 15) is 9.90 Å². The highest BCUT2D eigenvalue weighted by Crippen LogP contribution is 2.22. The first kappa shape index (κ1) is 20.9. The predicted octanol–water partition coefficient (Wildman–Crippen LogP) is 5.51. The van der Waals surface area contributed by atoms with Gasteiger partial charge in [0.2, 0.25) is 11.6 Å². The zero-order valence-corrected chi connectivity index (χ0v) is 15.6. The molecule has 0 aliphatic rings. The number of unbranched alkanes of at least 4 members (excludes halogenated alkanes) is 5. The van der Waals surface area contributed by atoms with E-state index >= 15 is 0 Å². The van der Waals surface area contributed by atoms with Gasteiger partial charge in [-0.1, -0.05) is 89.1 Å². The van der Waals surface area contributed by atoms with Crippen LogP contribution in [0.25, 0.3) is 0 Å². The van der Waals surface area contributed by atoms with E-state index in [1.807, 2.05) is 6.07 Å². The zero-order chi connectivity index (χ0) is 17.8. The lowest BCUT2D eigenvalue weighted by Crippen LogP contribution is -2.41. The molecule has 0 fully saturated rings. The third-order valence-corrected chi connectivity index (χ3v) is 4.34. The minimum Gasteiger partial charge on any atom is -0.359 e. The van der Waals surface area contributed by atoms with E-state index in [2.05, 4.69) is 13.8 Å². The molecule has 24 heavy (non-hydrogen) atoms. The van der Waals surface area contributed by atoms with Gasteiger partial charge in [-0.25, -0.2) is 0 Å². The number of hydrogen-bond donors (Lipinski definition) is 1. The van der Waals surface area contributed by atoms with E-state index in [1.165, 1.54) is 39.0 Å². The molecular formula is C21H34O3. The number of aliphatic hydroxyl groups is 1. The second kappa shape index (κ2) is 11.4. The van der Waals surface area contributed by atoms with Crippen molar-refractivity contribution in [2.24, 2.45) is 0 Å². The van der Waals surface area contributed by atoms with Crippen LogP contribution in [-0.4, -0.2) is 22.8 Å². The van der Waals surface area contributed by atoms with Crippen molar-refractivity contribution >= 4 is 5.78 Å². The van der Waals surface area contributed by atoms with Crippen molar-refractivity contribution in [1.82, 2.24) is 0 Å². The number of Topliss-reactive ketones (excluding diaryl/α,β-unsaturated/α-hetero) is 1. The molecule has 1 aromatic carbocycles. The summed E-state index contributed by atoms with van der Waals surface area (Å²) in [6.07, 6.45) is 10.1. The van der Waals surface area contributed by atoms with E-state index in [0.717, 1.165) is 25.7 Å². The predicted molar refractivity (Wildman–Crippen MR) is 99.2 cm³/mol. The molecule has 0 bridgehead atoms. The van der Waals surface area contributed by atoms with Gasteiger partial charge in [-0.2, -0.15) is 0 Å². The van der Waals surface area contributed by atoms with Gasteiger partial charge in [-0.05, 0) is 19.8 Å². The summed E-state index contributed by atoms with van der Waals surface area (Å²) in [6.45, 7) is 5.79. The Morgan fingerprint density at radius 2 is 1.62 bits per heavy atom.